The number of hydrogen-bond acceptors (Lipinski definition) is 5. The van der Waals surface area contributed by atoms with Crippen molar-refractivity contribution in [1.82, 2.24) is 15.8 Å². The maximum atomic E-state index is 13.2. The Bertz CT molecular complexity index is 821. The van der Waals surface area contributed by atoms with Gasteiger partial charge in [0, 0.05) is 49.5 Å². The molecule has 6 nitrogen and oxygen atoms in total. The predicted octanol–water partition coefficient (Wildman–Crippen LogP) is 2.46. The molecule has 2 aliphatic rings. The summed E-state index contributed by atoms with van der Waals surface area (Å²) in [5.41, 5.74) is 8.60. The number of rotatable bonds is 4. The smallest absolute Gasteiger partial charge is 0.229 e. The number of nitrogens with zero attached hydrogens (tertiary/aromatic N) is 2. The largest absolute Gasteiger partial charge is 0.497 e. The highest BCUT2D eigenvalue weighted by Gasteiger charge is 2.37. The van der Waals surface area contributed by atoms with Crippen molar-refractivity contribution in [3.8, 4) is 5.75 Å². The van der Waals surface area contributed by atoms with Crippen LogP contribution in [0.4, 0.5) is 5.69 Å². The number of piperazine rings is 1. The van der Waals surface area contributed by atoms with Crippen molar-refractivity contribution in [3.05, 3.63) is 59.1 Å². The zero-order valence-corrected chi connectivity index (χ0v) is 16.7. The number of halogens is 1. The molecular formula is C21H25ClN4O2. The van der Waals surface area contributed by atoms with Gasteiger partial charge >= 0.3 is 0 Å². The van der Waals surface area contributed by atoms with E-state index in [9.17, 15) is 4.79 Å². The first-order valence-corrected chi connectivity index (χ1v) is 9.95. The third kappa shape index (κ3) is 3.94. The van der Waals surface area contributed by atoms with E-state index in [-0.39, 0.29) is 17.9 Å². The number of methoxy groups -OCH3 is 1. The van der Waals surface area contributed by atoms with E-state index in [1.54, 1.807) is 7.11 Å². The molecule has 28 heavy (non-hydrogen) atoms. The number of ether oxygens (including phenoxy) is 1. The SMILES string of the molecule is COc1cccc(N2CCN(C(=O)C3CNNC3c3ccc(Cl)cc3)CC2)c1. The van der Waals surface area contributed by atoms with Crippen molar-refractivity contribution < 1.29 is 9.53 Å². The van der Waals surface area contributed by atoms with Gasteiger partial charge in [-0.25, -0.2) is 5.43 Å². The maximum absolute atomic E-state index is 13.2. The van der Waals surface area contributed by atoms with Gasteiger partial charge in [-0.05, 0) is 29.8 Å². The van der Waals surface area contributed by atoms with E-state index in [0.717, 1.165) is 43.2 Å². The zero-order chi connectivity index (χ0) is 19.5. The lowest BCUT2D eigenvalue weighted by molar-refractivity contribution is -0.135. The summed E-state index contributed by atoms with van der Waals surface area (Å²) >= 11 is 6.00. The van der Waals surface area contributed by atoms with Gasteiger partial charge in [0.05, 0.1) is 19.1 Å². The molecule has 2 heterocycles. The average molecular weight is 401 g/mol. The van der Waals surface area contributed by atoms with Crippen LogP contribution in [-0.2, 0) is 4.79 Å². The Hall–Kier alpha value is -2.28. The monoisotopic (exact) mass is 400 g/mol. The van der Waals surface area contributed by atoms with Crippen molar-refractivity contribution >= 4 is 23.2 Å². The first-order chi connectivity index (χ1) is 13.7. The Morgan fingerprint density at radius 1 is 1.11 bits per heavy atom. The highest BCUT2D eigenvalue weighted by atomic mass is 35.5. The van der Waals surface area contributed by atoms with Gasteiger partial charge in [0.2, 0.25) is 5.91 Å². The third-order valence-corrected chi connectivity index (χ3v) is 5.79. The quantitative estimate of drug-likeness (QED) is 0.825. The van der Waals surface area contributed by atoms with E-state index in [0.29, 0.717) is 11.6 Å². The van der Waals surface area contributed by atoms with Gasteiger partial charge in [-0.2, -0.15) is 0 Å². The van der Waals surface area contributed by atoms with E-state index in [1.165, 1.54) is 0 Å². The fraction of sp³-hybridized carbons (Fsp3) is 0.381. The van der Waals surface area contributed by atoms with Crippen LogP contribution < -0.4 is 20.5 Å². The fourth-order valence-electron chi connectivity index (χ4n) is 3.94. The van der Waals surface area contributed by atoms with Crippen molar-refractivity contribution in [1.29, 1.82) is 0 Å². The van der Waals surface area contributed by atoms with Crippen LogP contribution in [0.3, 0.4) is 0 Å². The minimum absolute atomic E-state index is 0.0406. The Labute approximate surface area is 170 Å². The highest BCUT2D eigenvalue weighted by molar-refractivity contribution is 6.30. The van der Waals surface area contributed by atoms with Gasteiger partial charge in [0.1, 0.15) is 5.75 Å². The van der Waals surface area contributed by atoms with Crippen LogP contribution in [0, 0.1) is 5.92 Å². The fourth-order valence-corrected chi connectivity index (χ4v) is 4.07. The van der Waals surface area contributed by atoms with E-state index >= 15 is 0 Å². The molecular weight excluding hydrogens is 376 g/mol. The number of anilines is 1. The molecule has 0 radical (unpaired) electrons. The molecule has 148 valence electrons. The molecule has 2 N–H and O–H groups in total. The van der Waals surface area contributed by atoms with Crippen LogP contribution in [-0.4, -0.2) is 50.6 Å². The van der Waals surface area contributed by atoms with Crippen LogP contribution in [0.1, 0.15) is 11.6 Å². The van der Waals surface area contributed by atoms with Crippen LogP contribution in [0.5, 0.6) is 5.75 Å². The number of nitrogens with one attached hydrogen (secondary N) is 2. The molecule has 0 bridgehead atoms. The van der Waals surface area contributed by atoms with E-state index in [4.69, 9.17) is 16.3 Å². The lowest BCUT2D eigenvalue weighted by Crippen LogP contribution is -2.51. The summed E-state index contributed by atoms with van der Waals surface area (Å²) in [4.78, 5) is 17.5. The van der Waals surface area contributed by atoms with E-state index < -0.39 is 0 Å². The number of hydrogen-bond donors (Lipinski definition) is 2. The van der Waals surface area contributed by atoms with Gasteiger partial charge in [0.25, 0.3) is 0 Å². The van der Waals surface area contributed by atoms with Crippen molar-refractivity contribution in [2.45, 2.75) is 6.04 Å². The molecule has 4 rings (SSSR count). The highest BCUT2D eigenvalue weighted by Crippen LogP contribution is 2.28. The van der Waals surface area contributed by atoms with Crippen LogP contribution in [0.25, 0.3) is 0 Å². The maximum Gasteiger partial charge on any atom is 0.229 e. The van der Waals surface area contributed by atoms with Gasteiger partial charge in [-0.15, -0.1) is 0 Å². The molecule has 2 aromatic rings. The molecule has 7 heteroatoms. The van der Waals surface area contributed by atoms with Crippen molar-refractivity contribution in [2.24, 2.45) is 5.92 Å². The Morgan fingerprint density at radius 3 is 2.57 bits per heavy atom. The lowest BCUT2D eigenvalue weighted by Gasteiger charge is -2.37. The number of carbonyl (C=O) groups excluding carboxylic acids is 1. The van der Waals surface area contributed by atoms with E-state index in [1.807, 2.05) is 47.4 Å². The van der Waals surface area contributed by atoms with Gasteiger partial charge in [0.15, 0.2) is 0 Å². The Kier molecular flexibility index (Phi) is 5.71. The number of carbonyl (C=O) groups is 1. The van der Waals surface area contributed by atoms with Crippen LogP contribution >= 0.6 is 11.6 Å². The summed E-state index contributed by atoms with van der Waals surface area (Å²) in [5.74, 6) is 0.928. The van der Waals surface area contributed by atoms with Crippen LogP contribution in [0.2, 0.25) is 5.02 Å². The van der Waals surface area contributed by atoms with Crippen LogP contribution in [0.15, 0.2) is 48.5 Å². The minimum atomic E-state index is -0.121. The zero-order valence-electron chi connectivity index (χ0n) is 15.9. The lowest BCUT2D eigenvalue weighted by atomic mass is 9.93. The molecule has 2 fully saturated rings. The first kappa shape index (κ1) is 19.1. The van der Waals surface area contributed by atoms with E-state index in [2.05, 4.69) is 21.8 Å². The van der Waals surface area contributed by atoms with Gasteiger partial charge in [-0.3, -0.25) is 10.2 Å². The second-order valence-corrected chi connectivity index (χ2v) is 7.61. The second-order valence-electron chi connectivity index (χ2n) is 7.17. The Balaban J connectivity index is 1.40. The average Bonchev–Trinajstić information content (AvgIpc) is 3.24. The van der Waals surface area contributed by atoms with Gasteiger partial charge < -0.3 is 14.5 Å². The summed E-state index contributed by atoms with van der Waals surface area (Å²) in [6.45, 7) is 3.71. The second kappa shape index (κ2) is 8.39. The number of benzene rings is 2. The molecule has 0 aliphatic carbocycles. The summed E-state index contributed by atoms with van der Waals surface area (Å²) in [6, 6.07) is 15.7. The minimum Gasteiger partial charge on any atom is -0.497 e. The topological polar surface area (TPSA) is 56.8 Å². The molecule has 2 atom stereocenters. The summed E-state index contributed by atoms with van der Waals surface area (Å²) in [6.07, 6.45) is 0. The molecule has 0 saturated carbocycles. The molecule has 0 spiro atoms. The molecule has 2 unspecified atom stereocenters. The summed E-state index contributed by atoms with van der Waals surface area (Å²) in [5, 5.41) is 0.700. The molecule has 0 aromatic heterocycles. The van der Waals surface area contributed by atoms with Crippen molar-refractivity contribution in [2.75, 3.05) is 44.7 Å². The standard InChI is InChI=1S/C21H25ClN4O2/c1-28-18-4-2-3-17(13-18)25-9-11-26(12-10-25)21(27)19-14-23-24-20(19)15-5-7-16(22)8-6-15/h2-8,13,19-20,23-24H,9-12,14H2,1H3. The van der Waals surface area contributed by atoms with Crippen molar-refractivity contribution in [3.63, 3.8) is 0 Å². The third-order valence-electron chi connectivity index (χ3n) is 5.54. The predicted molar refractivity (Wildman–Crippen MR) is 111 cm³/mol. The van der Waals surface area contributed by atoms with Gasteiger partial charge in [-0.1, -0.05) is 29.8 Å². The number of amides is 1. The Morgan fingerprint density at radius 2 is 1.86 bits per heavy atom. The molecule has 2 saturated heterocycles. The molecule has 2 aliphatic heterocycles. The summed E-state index contributed by atoms with van der Waals surface area (Å²) in [7, 11) is 1.68. The number of hydrazine groups is 1. The summed E-state index contributed by atoms with van der Waals surface area (Å²) < 4.78 is 5.32. The normalized spacial score (nSPS) is 22.4. The molecule has 1 amide bonds. The first-order valence-electron chi connectivity index (χ1n) is 9.57. The molecule has 2 aromatic carbocycles.